The molecule has 2 aliphatic rings. The lowest BCUT2D eigenvalue weighted by Gasteiger charge is -2.16. The van der Waals surface area contributed by atoms with E-state index >= 15 is 0 Å². The molecule has 2 aromatic carbocycles. The summed E-state index contributed by atoms with van der Waals surface area (Å²) >= 11 is 0. The molecule has 0 spiro atoms. The number of hydrogen-bond acceptors (Lipinski definition) is 6. The lowest BCUT2D eigenvalue weighted by Crippen LogP contribution is -2.32. The molecule has 4 rings (SSSR count). The summed E-state index contributed by atoms with van der Waals surface area (Å²) in [6.07, 6.45) is 3.69. The first-order chi connectivity index (χ1) is 16.4. The Morgan fingerprint density at radius 3 is 2.59 bits per heavy atom. The molecular weight excluding hydrogens is 456 g/mol. The molecule has 0 radical (unpaired) electrons. The van der Waals surface area contributed by atoms with Crippen LogP contribution in [0, 0.1) is 0 Å². The lowest BCUT2D eigenvalue weighted by molar-refractivity contribution is -0.114. The first-order valence-electron chi connectivity index (χ1n) is 11.6. The fraction of sp³-hybridized carbons (Fsp3) is 0.417. The van der Waals surface area contributed by atoms with Gasteiger partial charge >= 0.3 is 0 Å². The van der Waals surface area contributed by atoms with Crippen LogP contribution in [0.25, 0.3) is 0 Å². The summed E-state index contributed by atoms with van der Waals surface area (Å²) < 4.78 is 32.6. The predicted molar refractivity (Wildman–Crippen MR) is 129 cm³/mol. The highest BCUT2D eigenvalue weighted by Crippen LogP contribution is 2.23. The quantitative estimate of drug-likeness (QED) is 0.501. The van der Waals surface area contributed by atoms with Crippen molar-refractivity contribution >= 4 is 33.2 Å². The van der Waals surface area contributed by atoms with E-state index in [9.17, 15) is 18.0 Å². The molecule has 9 nitrogen and oxygen atoms in total. The second kappa shape index (κ2) is 11.0. The van der Waals surface area contributed by atoms with E-state index in [1.54, 1.807) is 36.4 Å². The van der Waals surface area contributed by atoms with Crippen molar-refractivity contribution < 1.29 is 22.7 Å². The minimum absolute atomic E-state index is 0.0416. The van der Waals surface area contributed by atoms with Crippen molar-refractivity contribution in [2.24, 2.45) is 0 Å². The molecule has 2 saturated heterocycles. The fourth-order valence-corrected chi connectivity index (χ4v) is 5.70. The normalized spacial score (nSPS) is 18.5. The van der Waals surface area contributed by atoms with Crippen molar-refractivity contribution in [1.82, 2.24) is 9.62 Å². The van der Waals surface area contributed by atoms with Gasteiger partial charge in [0.25, 0.3) is 5.91 Å². The molecule has 2 aliphatic heterocycles. The van der Waals surface area contributed by atoms with Crippen LogP contribution in [0.3, 0.4) is 0 Å². The van der Waals surface area contributed by atoms with Crippen molar-refractivity contribution in [1.29, 1.82) is 0 Å². The maximum atomic E-state index is 12.8. The number of benzene rings is 2. The van der Waals surface area contributed by atoms with Gasteiger partial charge in [-0.1, -0.05) is 18.2 Å². The van der Waals surface area contributed by atoms with Crippen LogP contribution < -0.4 is 16.0 Å². The van der Waals surface area contributed by atoms with Gasteiger partial charge in [0.2, 0.25) is 15.9 Å². The standard InChI is InChI=1S/C24H30N4O5S/c29-23(27-18-7-5-9-20(15-18)34(31,32)28-12-3-4-13-28)17-25-22-11-2-1-10-21(22)24(30)26-16-19-8-6-14-33-19/h1-2,5,7,9-11,15,19,25H,3-4,6,8,12-14,16-17H2,(H,26,30)(H,27,29)/t19-/m0/s1. The third kappa shape index (κ3) is 5.94. The molecule has 0 saturated carbocycles. The van der Waals surface area contributed by atoms with Crippen LogP contribution >= 0.6 is 0 Å². The van der Waals surface area contributed by atoms with Crippen LogP contribution in [0.2, 0.25) is 0 Å². The Morgan fingerprint density at radius 2 is 1.82 bits per heavy atom. The third-order valence-corrected chi connectivity index (χ3v) is 7.84. The number of para-hydroxylation sites is 1. The summed E-state index contributed by atoms with van der Waals surface area (Å²) in [6, 6.07) is 13.2. The number of sulfonamides is 1. The van der Waals surface area contributed by atoms with Crippen LogP contribution in [0.5, 0.6) is 0 Å². The summed E-state index contributed by atoms with van der Waals surface area (Å²) in [6.45, 7) is 2.12. The Bertz CT molecular complexity index is 1130. The molecule has 1 atom stereocenters. The summed E-state index contributed by atoms with van der Waals surface area (Å²) in [7, 11) is -3.57. The lowest BCUT2D eigenvalue weighted by atomic mass is 10.1. The first-order valence-corrected chi connectivity index (χ1v) is 13.0. The van der Waals surface area contributed by atoms with Crippen LogP contribution in [-0.4, -0.2) is 63.4 Å². The van der Waals surface area contributed by atoms with Crippen LogP contribution in [0.1, 0.15) is 36.0 Å². The number of amides is 2. The summed E-state index contributed by atoms with van der Waals surface area (Å²) in [5.41, 5.74) is 1.37. The van der Waals surface area contributed by atoms with Crippen molar-refractivity contribution in [2.45, 2.75) is 36.7 Å². The van der Waals surface area contributed by atoms with E-state index in [1.807, 2.05) is 0 Å². The van der Waals surface area contributed by atoms with Crippen LogP contribution in [0.15, 0.2) is 53.4 Å². The van der Waals surface area contributed by atoms with E-state index in [-0.39, 0.29) is 29.4 Å². The van der Waals surface area contributed by atoms with Crippen molar-refractivity contribution in [3.8, 4) is 0 Å². The van der Waals surface area contributed by atoms with E-state index in [0.717, 1.165) is 32.3 Å². The Balaban J connectivity index is 1.34. The summed E-state index contributed by atoms with van der Waals surface area (Å²) in [5, 5.41) is 8.61. The number of nitrogens with zero attached hydrogens (tertiary/aromatic N) is 1. The second-order valence-corrected chi connectivity index (χ2v) is 10.4. The predicted octanol–water partition coefficient (Wildman–Crippen LogP) is 2.43. The van der Waals surface area contributed by atoms with Crippen LogP contribution in [-0.2, 0) is 19.6 Å². The van der Waals surface area contributed by atoms with Gasteiger partial charge in [0.15, 0.2) is 0 Å². The zero-order chi connectivity index (χ0) is 24.0. The molecule has 0 unspecified atom stereocenters. The first kappa shape index (κ1) is 24.2. The van der Waals surface area contributed by atoms with Gasteiger partial charge in [-0.2, -0.15) is 4.31 Å². The number of ether oxygens (including phenoxy) is 1. The van der Waals surface area contributed by atoms with Crippen molar-refractivity contribution in [3.63, 3.8) is 0 Å². The fourth-order valence-electron chi connectivity index (χ4n) is 4.13. The highest BCUT2D eigenvalue weighted by atomic mass is 32.2. The number of hydrogen-bond donors (Lipinski definition) is 3. The number of carbonyl (C=O) groups excluding carboxylic acids is 2. The molecule has 0 aromatic heterocycles. The summed E-state index contributed by atoms with van der Waals surface area (Å²) in [4.78, 5) is 25.3. The molecule has 2 fully saturated rings. The SMILES string of the molecule is O=C(CNc1ccccc1C(=O)NC[C@@H]1CCCO1)Nc1cccc(S(=O)(=O)N2CCCC2)c1. The zero-order valence-electron chi connectivity index (χ0n) is 19.0. The van der Waals surface area contributed by atoms with Gasteiger partial charge in [-0.25, -0.2) is 8.42 Å². The zero-order valence-corrected chi connectivity index (χ0v) is 19.8. The molecule has 0 bridgehead atoms. The molecule has 2 amide bonds. The van der Waals surface area contributed by atoms with Crippen molar-refractivity contribution in [2.75, 3.05) is 43.4 Å². The third-order valence-electron chi connectivity index (χ3n) is 5.95. The molecule has 34 heavy (non-hydrogen) atoms. The van der Waals surface area contributed by atoms with E-state index in [0.29, 0.717) is 36.6 Å². The minimum atomic E-state index is -3.57. The molecule has 2 aromatic rings. The van der Waals surface area contributed by atoms with E-state index in [2.05, 4.69) is 16.0 Å². The Morgan fingerprint density at radius 1 is 1.03 bits per heavy atom. The van der Waals surface area contributed by atoms with Gasteiger partial charge in [0.05, 0.1) is 23.1 Å². The minimum Gasteiger partial charge on any atom is -0.376 e. The topological polar surface area (TPSA) is 117 Å². The molecule has 2 heterocycles. The monoisotopic (exact) mass is 486 g/mol. The van der Waals surface area contributed by atoms with Gasteiger partial charge in [0, 0.05) is 37.6 Å². The van der Waals surface area contributed by atoms with E-state index in [4.69, 9.17) is 4.74 Å². The number of carbonyl (C=O) groups is 2. The number of anilines is 2. The van der Waals surface area contributed by atoms with Gasteiger partial charge in [0.1, 0.15) is 0 Å². The number of rotatable bonds is 9. The van der Waals surface area contributed by atoms with Gasteiger partial charge < -0.3 is 20.7 Å². The highest BCUT2D eigenvalue weighted by molar-refractivity contribution is 7.89. The Hall–Kier alpha value is -2.95. The van der Waals surface area contributed by atoms with Gasteiger partial charge in [-0.3, -0.25) is 9.59 Å². The average Bonchev–Trinajstić information content (AvgIpc) is 3.56. The smallest absolute Gasteiger partial charge is 0.253 e. The van der Waals surface area contributed by atoms with Crippen molar-refractivity contribution in [3.05, 3.63) is 54.1 Å². The average molecular weight is 487 g/mol. The maximum Gasteiger partial charge on any atom is 0.253 e. The van der Waals surface area contributed by atoms with E-state index in [1.165, 1.54) is 16.4 Å². The maximum absolute atomic E-state index is 12.8. The Kier molecular flexibility index (Phi) is 7.81. The van der Waals surface area contributed by atoms with Crippen LogP contribution in [0.4, 0.5) is 11.4 Å². The van der Waals surface area contributed by atoms with Gasteiger partial charge in [-0.15, -0.1) is 0 Å². The molecular formula is C24H30N4O5S. The number of nitrogens with one attached hydrogen (secondary N) is 3. The Labute approximate surface area is 199 Å². The van der Waals surface area contributed by atoms with E-state index < -0.39 is 10.0 Å². The largest absolute Gasteiger partial charge is 0.376 e. The molecule has 0 aliphatic carbocycles. The molecule has 182 valence electrons. The molecule has 3 N–H and O–H groups in total. The molecule has 10 heteroatoms. The second-order valence-electron chi connectivity index (χ2n) is 8.43. The highest BCUT2D eigenvalue weighted by Gasteiger charge is 2.27. The summed E-state index contributed by atoms with van der Waals surface area (Å²) in [5.74, 6) is -0.593. The van der Waals surface area contributed by atoms with Gasteiger partial charge in [-0.05, 0) is 56.0 Å².